The van der Waals surface area contributed by atoms with Crippen molar-refractivity contribution in [1.82, 2.24) is 0 Å². The molecule has 0 amide bonds. The summed E-state index contributed by atoms with van der Waals surface area (Å²) in [4.78, 5) is -0.470. The summed E-state index contributed by atoms with van der Waals surface area (Å²) in [6.07, 6.45) is 2.61. The minimum atomic E-state index is -4.51. The number of rotatable bonds is 5. The molecule has 0 radical (unpaired) electrons. The predicted octanol–water partition coefficient (Wildman–Crippen LogP) is 0.125. The van der Waals surface area contributed by atoms with Gasteiger partial charge in [0.25, 0.3) is 0 Å². The van der Waals surface area contributed by atoms with E-state index < -0.39 is 15.0 Å². The average Bonchev–Trinajstić information content (AvgIpc) is 2.32. The first-order valence-corrected chi connectivity index (χ1v) is 7.66. The summed E-state index contributed by atoms with van der Waals surface area (Å²) in [6.45, 7) is 7.03. The molecule has 1 aromatic rings. The van der Waals surface area contributed by atoms with Crippen LogP contribution in [0.2, 0.25) is 0 Å². The highest BCUT2D eigenvalue weighted by Gasteiger charge is 2.05. The average molecular weight is 289 g/mol. The van der Waals surface area contributed by atoms with Crippen LogP contribution >= 0.6 is 0 Å². The SMILES string of the molecule is CCC[NH2+]CCC.Nc1ccc(N)c(S(=O)(=O)[O-])c1. The molecule has 0 saturated carbocycles. The number of nitrogen functional groups attached to an aromatic ring is 2. The second-order valence-corrected chi connectivity index (χ2v) is 5.47. The third kappa shape index (κ3) is 7.66. The van der Waals surface area contributed by atoms with Crippen LogP contribution in [0.25, 0.3) is 0 Å². The van der Waals surface area contributed by atoms with Crippen LogP contribution in [0.4, 0.5) is 11.4 Å². The Balaban J connectivity index is 0.000000399. The molecule has 0 atom stereocenters. The zero-order valence-electron chi connectivity index (χ0n) is 11.4. The molecule has 6 N–H and O–H groups in total. The Kier molecular flexibility index (Phi) is 8.13. The molecule has 0 spiro atoms. The van der Waals surface area contributed by atoms with Gasteiger partial charge < -0.3 is 21.3 Å². The van der Waals surface area contributed by atoms with Crippen LogP contribution in [0.1, 0.15) is 26.7 Å². The fraction of sp³-hybridized carbons (Fsp3) is 0.500. The lowest BCUT2D eigenvalue weighted by molar-refractivity contribution is -0.654. The zero-order chi connectivity index (χ0) is 14.9. The van der Waals surface area contributed by atoms with E-state index >= 15 is 0 Å². The number of anilines is 2. The van der Waals surface area contributed by atoms with Crippen molar-refractivity contribution in [3.63, 3.8) is 0 Å². The van der Waals surface area contributed by atoms with Gasteiger partial charge in [-0.3, -0.25) is 0 Å². The van der Waals surface area contributed by atoms with E-state index in [0.29, 0.717) is 0 Å². The molecule has 1 aromatic carbocycles. The first-order chi connectivity index (χ1) is 8.82. The van der Waals surface area contributed by atoms with Crippen molar-refractivity contribution in [3.8, 4) is 0 Å². The lowest BCUT2D eigenvalue weighted by atomic mass is 10.3. The minimum Gasteiger partial charge on any atom is -0.744 e. The lowest BCUT2D eigenvalue weighted by Gasteiger charge is -2.09. The van der Waals surface area contributed by atoms with E-state index in [4.69, 9.17) is 11.5 Å². The largest absolute Gasteiger partial charge is 0.744 e. The van der Waals surface area contributed by atoms with Crippen LogP contribution in [0.5, 0.6) is 0 Å². The quantitative estimate of drug-likeness (QED) is 0.403. The molecule has 0 unspecified atom stereocenters. The second kappa shape index (κ2) is 8.73. The van der Waals surface area contributed by atoms with Crippen LogP contribution in [0, 0.1) is 0 Å². The maximum atomic E-state index is 10.5. The summed E-state index contributed by atoms with van der Waals surface area (Å²) in [5.74, 6) is 0. The van der Waals surface area contributed by atoms with Crippen molar-refractivity contribution in [2.45, 2.75) is 31.6 Å². The maximum Gasteiger partial charge on any atom is 0.126 e. The van der Waals surface area contributed by atoms with Crippen LogP contribution in [-0.4, -0.2) is 26.1 Å². The van der Waals surface area contributed by atoms with E-state index in [1.54, 1.807) is 0 Å². The first kappa shape index (κ1) is 17.7. The molecule has 0 aliphatic rings. The van der Waals surface area contributed by atoms with Crippen LogP contribution in [0.15, 0.2) is 23.1 Å². The molecule has 7 heteroatoms. The molecule has 0 bridgehead atoms. The van der Waals surface area contributed by atoms with Gasteiger partial charge in [-0.15, -0.1) is 0 Å². The molecule has 0 aromatic heterocycles. The van der Waals surface area contributed by atoms with Gasteiger partial charge in [0.2, 0.25) is 0 Å². The first-order valence-electron chi connectivity index (χ1n) is 6.25. The van der Waals surface area contributed by atoms with Gasteiger partial charge in [-0.1, -0.05) is 13.8 Å². The van der Waals surface area contributed by atoms with Crippen LogP contribution in [-0.2, 0) is 10.1 Å². The van der Waals surface area contributed by atoms with Crippen molar-refractivity contribution in [2.24, 2.45) is 0 Å². The Hall–Kier alpha value is -1.31. The molecule has 0 aliphatic heterocycles. The summed E-state index contributed by atoms with van der Waals surface area (Å²) in [5, 5.41) is 2.36. The minimum absolute atomic E-state index is 0.0841. The monoisotopic (exact) mass is 289 g/mol. The number of benzene rings is 1. The molecular formula is C12H23N3O3S. The third-order valence-electron chi connectivity index (χ3n) is 2.29. The Bertz CT molecular complexity index is 471. The molecule has 0 aliphatic carbocycles. The van der Waals surface area contributed by atoms with Gasteiger partial charge in [0.1, 0.15) is 10.1 Å². The highest BCUT2D eigenvalue weighted by molar-refractivity contribution is 7.86. The van der Waals surface area contributed by atoms with Crippen molar-refractivity contribution in [3.05, 3.63) is 18.2 Å². The molecule has 6 nitrogen and oxygen atoms in total. The van der Waals surface area contributed by atoms with Crippen molar-refractivity contribution < 1.29 is 18.3 Å². The zero-order valence-corrected chi connectivity index (χ0v) is 12.2. The lowest BCUT2D eigenvalue weighted by Crippen LogP contribution is -2.84. The van der Waals surface area contributed by atoms with Crippen LogP contribution < -0.4 is 16.8 Å². The molecule has 0 heterocycles. The number of hydrogen-bond acceptors (Lipinski definition) is 5. The molecular weight excluding hydrogens is 266 g/mol. The summed E-state index contributed by atoms with van der Waals surface area (Å²) >= 11 is 0. The normalized spacial score (nSPS) is 10.7. The summed E-state index contributed by atoms with van der Waals surface area (Å²) in [6, 6.07) is 3.74. The Morgan fingerprint density at radius 2 is 1.68 bits per heavy atom. The maximum absolute atomic E-state index is 10.5. The van der Waals surface area contributed by atoms with E-state index in [1.165, 1.54) is 38.1 Å². The van der Waals surface area contributed by atoms with E-state index in [2.05, 4.69) is 19.2 Å². The van der Waals surface area contributed by atoms with Gasteiger partial charge in [0.05, 0.1) is 18.0 Å². The fourth-order valence-corrected chi connectivity index (χ4v) is 1.96. The van der Waals surface area contributed by atoms with Gasteiger partial charge in [-0.05, 0) is 31.0 Å². The standard InChI is InChI=1S/C6H8N2O3S.C6H15N/c7-4-1-2-5(8)6(3-4)12(9,10)11;1-3-5-7-6-4-2/h1-3H,7-8H2,(H,9,10,11);7H,3-6H2,1-2H3. The van der Waals surface area contributed by atoms with E-state index in [1.807, 2.05) is 0 Å². The van der Waals surface area contributed by atoms with E-state index in [-0.39, 0.29) is 11.4 Å². The second-order valence-electron chi connectivity index (χ2n) is 4.12. The topological polar surface area (TPSA) is 126 Å². The summed E-state index contributed by atoms with van der Waals surface area (Å²) in [7, 11) is -4.51. The Morgan fingerprint density at radius 3 is 2.05 bits per heavy atom. The van der Waals surface area contributed by atoms with Crippen molar-refractivity contribution in [1.29, 1.82) is 0 Å². The number of quaternary nitrogens is 1. The fourth-order valence-electron chi connectivity index (χ4n) is 1.32. The van der Waals surface area contributed by atoms with E-state index in [0.717, 1.165) is 6.07 Å². The molecule has 0 fully saturated rings. The Morgan fingerprint density at radius 1 is 1.16 bits per heavy atom. The molecule has 1 rings (SSSR count). The highest BCUT2D eigenvalue weighted by Crippen LogP contribution is 2.20. The molecule has 110 valence electrons. The van der Waals surface area contributed by atoms with Crippen molar-refractivity contribution in [2.75, 3.05) is 24.6 Å². The number of hydrogen-bond donors (Lipinski definition) is 3. The number of nitrogens with two attached hydrogens (primary N) is 3. The van der Waals surface area contributed by atoms with Gasteiger partial charge >= 0.3 is 0 Å². The van der Waals surface area contributed by atoms with Gasteiger partial charge in [0.15, 0.2) is 0 Å². The Labute approximate surface area is 114 Å². The summed E-state index contributed by atoms with van der Waals surface area (Å²) in [5.41, 5.74) is 10.6. The highest BCUT2D eigenvalue weighted by atomic mass is 32.2. The van der Waals surface area contributed by atoms with Gasteiger partial charge in [0, 0.05) is 11.4 Å². The smallest absolute Gasteiger partial charge is 0.126 e. The molecule has 19 heavy (non-hydrogen) atoms. The predicted molar refractivity (Wildman–Crippen MR) is 75.5 cm³/mol. The van der Waals surface area contributed by atoms with Crippen molar-refractivity contribution >= 4 is 21.5 Å². The third-order valence-corrected chi connectivity index (χ3v) is 3.18. The molecule has 0 saturated heterocycles. The van der Waals surface area contributed by atoms with Gasteiger partial charge in [-0.2, -0.15) is 0 Å². The van der Waals surface area contributed by atoms with Gasteiger partial charge in [-0.25, -0.2) is 8.42 Å². The van der Waals surface area contributed by atoms with Crippen LogP contribution in [0.3, 0.4) is 0 Å². The van der Waals surface area contributed by atoms with E-state index in [9.17, 15) is 13.0 Å². The summed E-state index contributed by atoms with van der Waals surface area (Å²) < 4.78 is 31.5.